The molecule has 0 aromatic heterocycles. The fourth-order valence-corrected chi connectivity index (χ4v) is 3.43. The van der Waals surface area contributed by atoms with Gasteiger partial charge in [-0.2, -0.15) is 0 Å². The minimum Gasteiger partial charge on any atom is -0.481 e. The number of aliphatic carboxylic acids is 1. The van der Waals surface area contributed by atoms with Crippen molar-refractivity contribution in [1.29, 1.82) is 0 Å². The topological polar surface area (TPSA) is 66.4 Å². The number of amides is 1. The highest BCUT2D eigenvalue weighted by molar-refractivity contribution is 8.00. The lowest BCUT2D eigenvalue weighted by atomic mass is 10.0. The lowest BCUT2D eigenvalue weighted by molar-refractivity contribution is -0.142. The van der Waals surface area contributed by atoms with E-state index in [2.05, 4.69) is 5.32 Å². The van der Waals surface area contributed by atoms with E-state index in [0.29, 0.717) is 11.4 Å². The maximum Gasteiger partial charge on any atom is 0.308 e. The SMILES string of the molecule is O=C(CSc1ccccc1Cl)NC1CCCC1C(=O)O. The Morgan fingerprint density at radius 2 is 2.10 bits per heavy atom. The Labute approximate surface area is 126 Å². The molecule has 2 N–H and O–H groups in total. The van der Waals surface area contributed by atoms with Gasteiger partial charge in [0, 0.05) is 10.9 Å². The van der Waals surface area contributed by atoms with Crippen LogP contribution in [0.2, 0.25) is 5.02 Å². The molecular formula is C14H16ClNO3S. The molecular weight excluding hydrogens is 298 g/mol. The van der Waals surface area contributed by atoms with Gasteiger partial charge in [0.15, 0.2) is 0 Å². The molecule has 0 bridgehead atoms. The van der Waals surface area contributed by atoms with Gasteiger partial charge in [0.05, 0.1) is 16.7 Å². The average Bonchev–Trinajstić information content (AvgIpc) is 2.86. The van der Waals surface area contributed by atoms with Crippen molar-refractivity contribution in [3.63, 3.8) is 0 Å². The molecule has 1 saturated carbocycles. The van der Waals surface area contributed by atoms with Gasteiger partial charge in [0.2, 0.25) is 5.91 Å². The molecule has 1 aliphatic carbocycles. The summed E-state index contributed by atoms with van der Waals surface area (Å²) in [5, 5.41) is 12.5. The molecule has 1 fully saturated rings. The summed E-state index contributed by atoms with van der Waals surface area (Å²) >= 11 is 7.37. The summed E-state index contributed by atoms with van der Waals surface area (Å²) in [4.78, 5) is 23.8. The van der Waals surface area contributed by atoms with Crippen molar-refractivity contribution in [3.05, 3.63) is 29.3 Å². The first-order valence-corrected chi connectivity index (χ1v) is 7.84. The Morgan fingerprint density at radius 1 is 1.35 bits per heavy atom. The van der Waals surface area contributed by atoms with Crippen molar-refractivity contribution < 1.29 is 14.7 Å². The number of hydrogen-bond acceptors (Lipinski definition) is 3. The van der Waals surface area contributed by atoms with E-state index in [9.17, 15) is 9.59 Å². The lowest BCUT2D eigenvalue weighted by Gasteiger charge is -2.17. The quantitative estimate of drug-likeness (QED) is 0.820. The number of carboxylic acid groups (broad SMARTS) is 1. The van der Waals surface area contributed by atoms with Gasteiger partial charge in [-0.15, -0.1) is 11.8 Å². The van der Waals surface area contributed by atoms with E-state index >= 15 is 0 Å². The molecule has 1 aromatic rings. The number of carbonyl (C=O) groups is 2. The molecule has 2 rings (SSSR count). The highest BCUT2D eigenvalue weighted by atomic mass is 35.5. The van der Waals surface area contributed by atoms with E-state index in [0.717, 1.165) is 17.7 Å². The minimum absolute atomic E-state index is 0.145. The Hall–Kier alpha value is -1.20. The standard InChI is InChI=1S/C14H16ClNO3S/c15-10-5-1-2-7-12(10)20-8-13(17)16-11-6-3-4-9(11)14(18)19/h1-2,5,7,9,11H,3-4,6,8H2,(H,16,17)(H,18,19). The normalized spacial score (nSPS) is 21.6. The van der Waals surface area contributed by atoms with Gasteiger partial charge >= 0.3 is 5.97 Å². The van der Waals surface area contributed by atoms with Gasteiger partial charge < -0.3 is 10.4 Å². The van der Waals surface area contributed by atoms with E-state index in [4.69, 9.17) is 16.7 Å². The molecule has 0 radical (unpaired) electrons. The largest absolute Gasteiger partial charge is 0.481 e. The van der Waals surface area contributed by atoms with Crippen molar-refractivity contribution >= 4 is 35.2 Å². The molecule has 2 unspecified atom stereocenters. The van der Waals surface area contributed by atoms with Crippen molar-refractivity contribution in [2.24, 2.45) is 5.92 Å². The first kappa shape index (κ1) is 15.2. The van der Waals surface area contributed by atoms with Gasteiger partial charge in [-0.1, -0.05) is 30.2 Å². The van der Waals surface area contributed by atoms with Crippen LogP contribution in [0.3, 0.4) is 0 Å². The summed E-state index contributed by atoms with van der Waals surface area (Å²) < 4.78 is 0. The maximum atomic E-state index is 11.9. The zero-order chi connectivity index (χ0) is 14.5. The fourth-order valence-electron chi connectivity index (χ4n) is 2.38. The van der Waals surface area contributed by atoms with Gasteiger partial charge in [0.25, 0.3) is 0 Å². The van der Waals surface area contributed by atoms with Crippen molar-refractivity contribution in [2.45, 2.75) is 30.2 Å². The molecule has 1 aliphatic rings. The second-order valence-corrected chi connectivity index (χ2v) is 6.19. The predicted octanol–water partition coefficient (Wildman–Crippen LogP) is 2.80. The van der Waals surface area contributed by atoms with Crippen molar-refractivity contribution in [3.8, 4) is 0 Å². The lowest BCUT2D eigenvalue weighted by Crippen LogP contribution is -2.40. The van der Waals surface area contributed by atoms with Crippen LogP contribution in [-0.2, 0) is 9.59 Å². The molecule has 0 aliphatic heterocycles. The third kappa shape index (κ3) is 3.90. The van der Waals surface area contributed by atoms with Crippen molar-refractivity contribution in [1.82, 2.24) is 5.32 Å². The number of rotatable bonds is 5. The van der Waals surface area contributed by atoms with E-state index in [-0.39, 0.29) is 17.7 Å². The van der Waals surface area contributed by atoms with Crippen LogP contribution in [0.15, 0.2) is 29.2 Å². The highest BCUT2D eigenvalue weighted by Gasteiger charge is 2.33. The van der Waals surface area contributed by atoms with Gasteiger partial charge in [-0.05, 0) is 25.0 Å². The summed E-state index contributed by atoms with van der Waals surface area (Å²) in [5.41, 5.74) is 0. The third-order valence-corrected chi connectivity index (χ3v) is 4.89. The number of benzene rings is 1. The van der Waals surface area contributed by atoms with Gasteiger partial charge in [-0.25, -0.2) is 0 Å². The zero-order valence-electron chi connectivity index (χ0n) is 10.8. The highest BCUT2D eigenvalue weighted by Crippen LogP contribution is 2.28. The molecule has 1 amide bonds. The smallest absolute Gasteiger partial charge is 0.308 e. The Balaban J connectivity index is 1.84. The molecule has 20 heavy (non-hydrogen) atoms. The van der Waals surface area contributed by atoms with Crippen molar-refractivity contribution in [2.75, 3.05) is 5.75 Å². The van der Waals surface area contributed by atoms with Gasteiger partial charge in [0.1, 0.15) is 0 Å². The second-order valence-electron chi connectivity index (χ2n) is 4.77. The number of carbonyl (C=O) groups excluding carboxylic acids is 1. The molecule has 4 nitrogen and oxygen atoms in total. The molecule has 6 heteroatoms. The Morgan fingerprint density at radius 3 is 2.80 bits per heavy atom. The first-order valence-electron chi connectivity index (χ1n) is 6.47. The number of carboxylic acids is 1. The molecule has 108 valence electrons. The third-order valence-electron chi connectivity index (χ3n) is 3.37. The average molecular weight is 314 g/mol. The summed E-state index contributed by atoms with van der Waals surface area (Å²) in [5.74, 6) is -1.18. The van der Waals surface area contributed by atoms with E-state index in [1.54, 1.807) is 6.07 Å². The number of nitrogens with one attached hydrogen (secondary N) is 1. The number of halogens is 1. The van der Waals surface area contributed by atoms with E-state index in [1.165, 1.54) is 11.8 Å². The number of thioether (sulfide) groups is 1. The summed E-state index contributed by atoms with van der Waals surface area (Å²) in [7, 11) is 0. The molecule has 2 atom stereocenters. The maximum absolute atomic E-state index is 11.9. The van der Waals surface area contributed by atoms with Crippen LogP contribution in [0.4, 0.5) is 0 Å². The van der Waals surface area contributed by atoms with Crippen LogP contribution in [0.5, 0.6) is 0 Å². The minimum atomic E-state index is -0.827. The monoisotopic (exact) mass is 313 g/mol. The van der Waals surface area contributed by atoms with E-state index in [1.807, 2.05) is 18.2 Å². The van der Waals surface area contributed by atoms with Crippen LogP contribution in [0, 0.1) is 5.92 Å². The Bertz CT molecular complexity index is 509. The molecule has 1 aromatic carbocycles. The predicted molar refractivity (Wildman–Crippen MR) is 79.1 cm³/mol. The molecule has 0 spiro atoms. The van der Waals surface area contributed by atoms with Crippen LogP contribution < -0.4 is 5.32 Å². The summed E-state index contributed by atoms with van der Waals surface area (Å²) in [6.07, 6.45) is 2.22. The molecule has 0 saturated heterocycles. The second kappa shape index (κ2) is 6.99. The van der Waals surface area contributed by atoms with Crippen LogP contribution >= 0.6 is 23.4 Å². The number of hydrogen-bond donors (Lipinski definition) is 2. The van der Waals surface area contributed by atoms with Crippen LogP contribution in [-0.4, -0.2) is 28.8 Å². The van der Waals surface area contributed by atoms with Crippen LogP contribution in [0.1, 0.15) is 19.3 Å². The summed E-state index contributed by atoms with van der Waals surface area (Å²) in [6, 6.07) is 7.09. The Kier molecular flexibility index (Phi) is 5.31. The van der Waals surface area contributed by atoms with Gasteiger partial charge in [-0.3, -0.25) is 9.59 Å². The summed E-state index contributed by atoms with van der Waals surface area (Å²) in [6.45, 7) is 0. The van der Waals surface area contributed by atoms with E-state index < -0.39 is 11.9 Å². The fraction of sp³-hybridized carbons (Fsp3) is 0.429. The first-order chi connectivity index (χ1) is 9.58. The molecule has 0 heterocycles. The van der Waals surface area contributed by atoms with Crippen LogP contribution in [0.25, 0.3) is 0 Å². The zero-order valence-corrected chi connectivity index (χ0v) is 12.4.